The molecule has 0 spiro atoms. The molecule has 0 unspecified atom stereocenters. The number of benzene rings is 4. The second kappa shape index (κ2) is 23.0. The van der Waals surface area contributed by atoms with Crippen molar-refractivity contribution in [2.24, 2.45) is 23.2 Å². The van der Waals surface area contributed by atoms with E-state index in [4.69, 9.17) is 9.47 Å². The molecule has 404 valence electrons. The van der Waals surface area contributed by atoms with Crippen molar-refractivity contribution < 1.29 is 58.6 Å². The van der Waals surface area contributed by atoms with E-state index in [0.717, 1.165) is 60.3 Å². The summed E-state index contributed by atoms with van der Waals surface area (Å²) in [6, 6.07) is 32.9. The number of rotatable bonds is 22. The molecule has 8 rings (SSSR count). The molecule has 0 radical (unpaired) electrons. The predicted molar refractivity (Wildman–Crippen MR) is 270 cm³/mol. The molecule has 15 heteroatoms. The van der Waals surface area contributed by atoms with Crippen LogP contribution in [-0.2, 0) is 29.2 Å². The molecular weight excluding hydrogens is 984 g/mol. The van der Waals surface area contributed by atoms with Crippen LogP contribution in [-0.4, -0.2) is 64.9 Å². The summed E-state index contributed by atoms with van der Waals surface area (Å²) in [6.45, 7) is 5.11. The summed E-state index contributed by atoms with van der Waals surface area (Å²) in [4.78, 5) is 29.9. The molecule has 75 heavy (non-hydrogen) atoms. The molecule has 0 bridgehead atoms. The Kier molecular flexibility index (Phi) is 17.0. The lowest BCUT2D eigenvalue weighted by Gasteiger charge is -2.48. The van der Waals surface area contributed by atoms with Gasteiger partial charge in [-0.2, -0.15) is 39.5 Å². The first kappa shape index (κ1) is 55.7. The summed E-state index contributed by atoms with van der Waals surface area (Å²) in [7, 11) is 1.44. The molecule has 4 aliphatic rings. The molecule has 1 saturated carbocycles. The number of unbranched alkanes of at least 4 members (excludes halogenated alkanes) is 4. The third kappa shape index (κ3) is 11.6. The van der Waals surface area contributed by atoms with Crippen LogP contribution in [0.15, 0.2) is 127 Å². The zero-order chi connectivity index (χ0) is 53.8. The quantitative estimate of drug-likeness (QED) is 0.0447. The average Bonchev–Trinajstić information content (AvgIpc) is 3.86. The van der Waals surface area contributed by atoms with Gasteiger partial charge in [0.2, 0.25) is 5.91 Å². The van der Waals surface area contributed by atoms with E-state index in [1.807, 2.05) is 48.5 Å². The van der Waals surface area contributed by atoms with Gasteiger partial charge in [0.25, 0.3) is 0 Å². The smallest absolute Gasteiger partial charge is 0.460 e. The third-order valence-electron chi connectivity index (χ3n) is 16.6. The van der Waals surface area contributed by atoms with E-state index in [9.17, 15) is 49.1 Å². The minimum atomic E-state index is -7.04. The highest BCUT2D eigenvalue weighted by Gasteiger charge is 2.81. The number of ether oxygens (including phenoxy) is 2. The topological polar surface area (TPSA) is 59.1 Å². The highest BCUT2D eigenvalue weighted by molar-refractivity contribution is 5.98. The van der Waals surface area contributed by atoms with E-state index in [0.29, 0.717) is 56.3 Å². The highest BCUT2D eigenvalue weighted by atomic mass is 19.4. The number of amides is 3. The first-order valence-corrected chi connectivity index (χ1v) is 26.3. The molecule has 3 aliphatic carbocycles. The second-order valence-electron chi connectivity index (χ2n) is 21.4. The van der Waals surface area contributed by atoms with Gasteiger partial charge in [-0.05, 0) is 128 Å². The number of allylic oxidation sites excluding steroid dienone is 4. The molecule has 0 aromatic heterocycles. The predicted octanol–water partition coefficient (Wildman–Crippen LogP) is 16.2. The van der Waals surface area contributed by atoms with Gasteiger partial charge in [0.05, 0.1) is 24.8 Å². The van der Waals surface area contributed by atoms with Crippen LogP contribution in [0.25, 0.3) is 5.57 Å². The van der Waals surface area contributed by atoms with Crippen LogP contribution in [0.5, 0.6) is 5.75 Å². The number of fused-ring (bicyclic) bond motifs is 5. The maximum atomic E-state index is 15.0. The van der Waals surface area contributed by atoms with Crippen molar-refractivity contribution >= 4 is 17.5 Å². The van der Waals surface area contributed by atoms with Gasteiger partial charge in [-0.15, -0.1) is 0 Å². The lowest BCUT2D eigenvalue weighted by molar-refractivity contribution is -0.396. The summed E-state index contributed by atoms with van der Waals surface area (Å²) in [5.41, 5.74) is 8.14. The van der Waals surface area contributed by atoms with Crippen LogP contribution >= 0.6 is 0 Å². The first-order valence-electron chi connectivity index (χ1n) is 26.3. The van der Waals surface area contributed by atoms with Crippen molar-refractivity contribution in [1.82, 2.24) is 9.80 Å². The van der Waals surface area contributed by atoms with E-state index in [1.54, 1.807) is 37.3 Å². The zero-order valence-corrected chi connectivity index (χ0v) is 42.8. The van der Waals surface area contributed by atoms with Gasteiger partial charge in [0.1, 0.15) is 12.4 Å². The number of urea groups is 1. The maximum Gasteiger partial charge on any atom is 0.460 e. The van der Waals surface area contributed by atoms with Crippen molar-refractivity contribution in [3.63, 3.8) is 0 Å². The van der Waals surface area contributed by atoms with Gasteiger partial charge in [-0.1, -0.05) is 141 Å². The van der Waals surface area contributed by atoms with Crippen LogP contribution < -0.4 is 4.74 Å². The summed E-state index contributed by atoms with van der Waals surface area (Å²) in [6.07, 6.45) is 2.48. The maximum absolute atomic E-state index is 15.0. The largest absolute Gasteiger partial charge is 0.489 e. The van der Waals surface area contributed by atoms with Gasteiger partial charge in [0, 0.05) is 24.8 Å². The van der Waals surface area contributed by atoms with Crippen molar-refractivity contribution in [1.29, 1.82) is 0 Å². The van der Waals surface area contributed by atoms with Gasteiger partial charge >= 0.3 is 30.0 Å². The summed E-state index contributed by atoms with van der Waals surface area (Å²) >= 11 is 0. The molecule has 3 amide bonds. The Morgan fingerprint density at radius 2 is 1.40 bits per heavy atom. The fraction of sp³-hybridized carbons (Fsp3) is 0.500. The lowest BCUT2D eigenvalue weighted by Crippen LogP contribution is -2.60. The average molecular weight is 1050 g/mol. The minimum absolute atomic E-state index is 0.0504. The Morgan fingerprint density at radius 1 is 0.760 bits per heavy atom. The van der Waals surface area contributed by atoms with Gasteiger partial charge in [-0.3, -0.25) is 9.69 Å². The van der Waals surface area contributed by atoms with Crippen molar-refractivity contribution in [2.45, 2.75) is 159 Å². The van der Waals surface area contributed by atoms with E-state index >= 15 is 0 Å². The number of carbonyl (C=O) groups excluding carboxylic acids is 2. The molecule has 1 saturated heterocycles. The highest BCUT2D eigenvalue weighted by Crippen LogP contribution is 2.62. The summed E-state index contributed by atoms with van der Waals surface area (Å²) < 4.78 is 138. The zero-order valence-electron chi connectivity index (χ0n) is 42.8. The van der Waals surface area contributed by atoms with E-state index in [1.165, 1.54) is 34.2 Å². The fourth-order valence-corrected chi connectivity index (χ4v) is 12.4. The van der Waals surface area contributed by atoms with Crippen molar-refractivity contribution in [3.8, 4) is 5.75 Å². The SMILES string of the molecule is C[C@H]1[C@@H](c2ccccc2)N(C(=O)[C@H](CCCCCC/C=C\CC2=C3c4ccc(OCc5ccccc5)cc4CC[C@H]3[C@@H]3CC[C@H](OCc4ccccc4)[C@@]3(C)C2)CCC(F)(F)C(F)(F)C(F)(F)C(F)(F)F)C(=O)N1C. The Labute approximate surface area is 434 Å². The number of imide groups is 1. The van der Waals surface area contributed by atoms with Gasteiger partial charge in [0.15, 0.2) is 0 Å². The number of carbonyl (C=O) groups is 2. The number of hydrogen-bond donors (Lipinski definition) is 0. The molecule has 4 aromatic rings. The Hall–Kier alpha value is -5.57. The van der Waals surface area contributed by atoms with E-state index in [-0.39, 0.29) is 24.4 Å². The standard InChI is InChI=1S/C60H67F9N2O4/c1-40-53(43-24-18-11-19-25-43)71(55(73)70(40)3)54(72)44(34-35-57(61,62)58(63,64)59(65,66)60(67,68)69)26-16-7-5-4-6-8-17-27-46-37-56(2)50(32-33-51(56)75-39-42-22-14-10-15-23-42)49-30-28-45-36-47(29-31-48(45)52(46)49)74-38-41-20-12-9-13-21-41/h8-15,17-25,29,31,36,40,44,49-51,53H,4-7,16,26-28,30,32-35,37-39H2,1-3H3/b17-8-/t40-,44+,49-,50-,51-,53-,56-/m0/s1. The van der Waals surface area contributed by atoms with Crippen molar-refractivity contribution in [3.05, 3.63) is 155 Å². The fourth-order valence-electron chi connectivity index (χ4n) is 12.4. The number of hydrogen-bond acceptors (Lipinski definition) is 4. The first-order chi connectivity index (χ1) is 35.7. The molecule has 4 aromatic carbocycles. The van der Waals surface area contributed by atoms with Gasteiger partial charge < -0.3 is 14.4 Å². The number of aryl methyl sites for hydroxylation is 1. The van der Waals surface area contributed by atoms with Crippen LogP contribution in [0.1, 0.15) is 131 Å². The van der Waals surface area contributed by atoms with Gasteiger partial charge in [-0.25, -0.2) is 4.79 Å². The normalized spacial score (nSPS) is 23.6. The second-order valence-corrected chi connectivity index (χ2v) is 21.4. The van der Waals surface area contributed by atoms with Crippen LogP contribution in [0, 0.1) is 23.2 Å². The molecule has 7 atom stereocenters. The Bertz CT molecular complexity index is 2640. The Balaban J connectivity index is 0.935. The van der Waals surface area contributed by atoms with Crippen LogP contribution in [0.2, 0.25) is 0 Å². The monoisotopic (exact) mass is 1050 g/mol. The molecule has 2 fully saturated rings. The van der Waals surface area contributed by atoms with E-state index < -0.39 is 66.7 Å². The summed E-state index contributed by atoms with van der Waals surface area (Å²) in [5.74, 6) is -20.5. The summed E-state index contributed by atoms with van der Waals surface area (Å²) in [5, 5.41) is 0. The molecule has 1 heterocycles. The minimum Gasteiger partial charge on any atom is -0.489 e. The molecule has 1 aliphatic heterocycles. The van der Waals surface area contributed by atoms with E-state index in [2.05, 4.69) is 49.4 Å². The lowest BCUT2D eigenvalue weighted by atomic mass is 9.57. The van der Waals surface area contributed by atoms with Crippen molar-refractivity contribution in [2.75, 3.05) is 7.05 Å². The third-order valence-corrected chi connectivity index (χ3v) is 16.6. The molecular formula is C60H67F9N2O4. The number of likely N-dealkylation sites (N-methyl/N-ethyl adjacent to an activating group) is 1. The number of nitrogens with zero attached hydrogens (tertiary/aromatic N) is 2. The number of alkyl halides is 9. The molecule has 0 N–H and O–H groups in total. The van der Waals surface area contributed by atoms with Crippen LogP contribution in [0.4, 0.5) is 44.3 Å². The van der Waals surface area contributed by atoms with Crippen LogP contribution in [0.3, 0.4) is 0 Å². The number of halogens is 9. The molecule has 6 nitrogen and oxygen atoms in total. The Morgan fingerprint density at radius 3 is 2.07 bits per heavy atom.